The van der Waals surface area contributed by atoms with E-state index >= 15 is 0 Å². The highest BCUT2D eigenvalue weighted by molar-refractivity contribution is 9.10. The summed E-state index contributed by atoms with van der Waals surface area (Å²) in [4.78, 5) is 13.9. The number of aromatic nitrogens is 1. The van der Waals surface area contributed by atoms with Crippen molar-refractivity contribution in [3.8, 4) is 11.1 Å². The van der Waals surface area contributed by atoms with Gasteiger partial charge in [-0.2, -0.15) is 4.57 Å². The predicted octanol–water partition coefficient (Wildman–Crippen LogP) is 4.66. The molecule has 0 fully saturated rings. The van der Waals surface area contributed by atoms with Crippen LogP contribution in [0.5, 0.6) is 0 Å². The lowest BCUT2D eigenvalue weighted by Crippen LogP contribution is -2.35. The zero-order chi connectivity index (χ0) is 15.5. The maximum absolute atomic E-state index is 12.7. The predicted molar refractivity (Wildman–Crippen MR) is 93.2 cm³/mol. The Bertz CT molecular complexity index is 808. The monoisotopic (exact) mass is 372 g/mol. The summed E-state index contributed by atoms with van der Waals surface area (Å²) in [6.07, 6.45) is 2.00. The van der Waals surface area contributed by atoms with Crippen molar-refractivity contribution < 1.29 is 9.36 Å². The van der Waals surface area contributed by atoms with Crippen molar-refractivity contribution in [1.29, 1.82) is 0 Å². The highest BCUT2D eigenvalue weighted by Crippen LogP contribution is 2.25. The van der Waals surface area contributed by atoms with Crippen LogP contribution in [0, 0.1) is 6.92 Å². The average Bonchev–Trinajstić information content (AvgIpc) is 2.93. The van der Waals surface area contributed by atoms with E-state index in [1.54, 1.807) is 11.3 Å². The lowest BCUT2D eigenvalue weighted by molar-refractivity contribution is -0.678. The third-order valence-electron chi connectivity index (χ3n) is 3.43. The average molecular weight is 373 g/mol. The van der Waals surface area contributed by atoms with Gasteiger partial charge >= 0.3 is 0 Å². The van der Waals surface area contributed by atoms with Crippen molar-refractivity contribution >= 4 is 33.0 Å². The summed E-state index contributed by atoms with van der Waals surface area (Å²) in [5.74, 6) is 0.126. The van der Waals surface area contributed by atoms with E-state index in [0.29, 0.717) is 6.54 Å². The molecule has 3 aromatic rings. The van der Waals surface area contributed by atoms with Crippen molar-refractivity contribution in [2.45, 2.75) is 13.5 Å². The molecular formula is C18H15BrNOS+. The summed E-state index contributed by atoms with van der Waals surface area (Å²) >= 11 is 5.09. The molecule has 0 saturated carbocycles. The van der Waals surface area contributed by atoms with E-state index in [4.69, 9.17) is 0 Å². The summed E-state index contributed by atoms with van der Waals surface area (Å²) in [6, 6.07) is 15.8. The number of thiazole rings is 1. The Kier molecular flexibility index (Phi) is 4.50. The second-order valence-electron chi connectivity index (χ2n) is 5.11. The molecule has 22 heavy (non-hydrogen) atoms. The fourth-order valence-corrected chi connectivity index (χ4v) is 3.28. The van der Waals surface area contributed by atoms with E-state index in [1.807, 2.05) is 71.7 Å². The molecule has 0 radical (unpaired) electrons. The smallest absolute Gasteiger partial charge is 0.228 e. The van der Waals surface area contributed by atoms with Crippen LogP contribution in [-0.2, 0) is 6.54 Å². The van der Waals surface area contributed by atoms with E-state index in [-0.39, 0.29) is 5.78 Å². The lowest BCUT2D eigenvalue weighted by atomic mass is 9.97. The minimum absolute atomic E-state index is 0.126. The summed E-state index contributed by atoms with van der Waals surface area (Å²) < 4.78 is 2.98. The van der Waals surface area contributed by atoms with Crippen LogP contribution in [0.15, 0.2) is 64.7 Å². The molecule has 4 heteroatoms. The third-order valence-corrected chi connectivity index (χ3v) is 4.81. The van der Waals surface area contributed by atoms with Gasteiger partial charge in [0.25, 0.3) is 0 Å². The minimum Gasteiger partial charge on any atom is -0.287 e. The second-order valence-corrected chi connectivity index (χ2v) is 7.12. The Balaban J connectivity index is 1.93. The number of benzene rings is 2. The van der Waals surface area contributed by atoms with Gasteiger partial charge in [-0.1, -0.05) is 63.7 Å². The molecule has 0 aliphatic heterocycles. The van der Waals surface area contributed by atoms with Crippen LogP contribution in [0.25, 0.3) is 11.1 Å². The Hall–Kier alpha value is -1.78. The quantitative estimate of drug-likeness (QED) is 0.482. The summed E-state index contributed by atoms with van der Waals surface area (Å²) in [5, 5.41) is 0. The van der Waals surface area contributed by atoms with Crippen molar-refractivity contribution in [2.75, 3.05) is 0 Å². The molecule has 0 aliphatic carbocycles. The highest BCUT2D eigenvalue weighted by atomic mass is 79.9. The molecule has 2 aromatic carbocycles. The number of hydrogen-bond donors (Lipinski definition) is 0. The van der Waals surface area contributed by atoms with Gasteiger partial charge in [-0.15, -0.1) is 0 Å². The highest BCUT2D eigenvalue weighted by Gasteiger charge is 2.17. The largest absolute Gasteiger partial charge is 0.287 e. The van der Waals surface area contributed by atoms with Gasteiger partial charge in [-0.25, -0.2) is 0 Å². The Morgan fingerprint density at radius 1 is 1.14 bits per heavy atom. The van der Waals surface area contributed by atoms with Gasteiger partial charge in [0, 0.05) is 10.0 Å². The SMILES string of the molecule is Cc1c[n+](CC(=O)c2ccccc2-c2ccc(Br)cc2)cs1. The maximum Gasteiger partial charge on any atom is 0.228 e. The molecule has 3 rings (SSSR count). The van der Waals surface area contributed by atoms with Crippen molar-refractivity contribution in [1.82, 2.24) is 0 Å². The van der Waals surface area contributed by atoms with Gasteiger partial charge < -0.3 is 0 Å². The number of ketones is 1. The van der Waals surface area contributed by atoms with Crippen molar-refractivity contribution in [3.05, 3.63) is 75.2 Å². The maximum atomic E-state index is 12.7. The van der Waals surface area contributed by atoms with Crippen LogP contribution in [0.3, 0.4) is 0 Å². The van der Waals surface area contributed by atoms with E-state index in [1.165, 1.54) is 4.88 Å². The molecule has 0 saturated heterocycles. The van der Waals surface area contributed by atoms with Crippen LogP contribution in [0.1, 0.15) is 15.2 Å². The van der Waals surface area contributed by atoms with E-state index < -0.39 is 0 Å². The van der Waals surface area contributed by atoms with E-state index in [9.17, 15) is 4.79 Å². The third kappa shape index (κ3) is 3.34. The number of aryl methyl sites for hydroxylation is 1. The van der Waals surface area contributed by atoms with Crippen LogP contribution in [-0.4, -0.2) is 5.78 Å². The number of rotatable bonds is 4. The first kappa shape index (κ1) is 15.1. The summed E-state index contributed by atoms with van der Waals surface area (Å²) in [7, 11) is 0. The molecular weight excluding hydrogens is 358 g/mol. The topological polar surface area (TPSA) is 20.9 Å². The first-order valence-electron chi connectivity index (χ1n) is 6.96. The Labute approximate surface area is 142 Å². The molecule has 0 unspecified atom stereocenters. The lowest BCUT2D eigenvalue weighted by Gasteiger charge is -2.07. The molecule has 110 valence electrons. The van der Waals surface area contributed by atoms with Gasteiger partial charge in [0.1, 0.15) is 0 Å². The fraction of sp³-hybridized carbons (Fsp3) is 0.111. The summed E-state index contributed by atoms with van der Waals surface area (Å²) in [5.41, 5.74) is 4.78. The molecule has 0 bridgehead atoms. The molecule has 0 atom stereocenters. The minimum atomic E-state index is 0.126. The molecule has 0 aliphatic rings. The van der Waals surface area contributed by atoms with Crippen LogP contribution >= 0.6 is 27.3 Å². The normalized spacial score (nSPS) is 10.6. The van der Waals surface area contributed by atoms with Gasteiger partial charge in [0.05, 0.1) is 4.88 Å². The van der Waals surface area contributed by atoms with Crippen molar-refractivity contribution in [3.63, 3.8) is 0 Å². The van der Waals surface area contributed by atoms with E-state index in [0.717, 1.165) is 21.2 Å². The standard InChI is InChI=1S/C18H15BrNOS/c1-13-10-20(12-22-13)11-18(21)17-5-3-2-4-16(17)14-6-8-15(19)9-7-14/h2-10,12H,11H2,1H3/q+1. The molecule has 0 N–H and O–H groups in total. The first-order valence-corrected chi connectivity index (χ1v) is 8.63. The molecule has 0 amide bonds. The zero-order valence-electron chi connectivity index (χ0n) is 12.1. The number of carbonyl (C=O) groups is 1. The fourth-order valence-electron chi connectivity index (χ4n) is 2.39. The van der Waals surface area contributed by atoms with Crippen LogP contribution < -0.4 is 4.57 Å². The zero-order valence-corrected chi connectivity index (χ0v) is 14.5. The number of halogens is 1. The van der Waals surface area contributed by atoms with Gasteiger partial charge in [-0.05, 0) is 30.2 Å². The second kappa shape index (κ2) is 6.55. The molecule has 0 spiro atoms. The Morgan fingerprint density at radius 3 is 2.55 bits per heavy atom. The number of nitrogens with zero attached hydrogens (tertiary/aromatic N) is 1. The van der Waals surface area contributed by atoms with Gasteiger partial charge in [-0.3, -0.25) is 4.79 Å². The summed E-state index contributed by atoms with van der Waals surface area (Å²) in [6.45, 7) is 2.42. The van der Waals surface area contributed by atoms with Gasteiger partial charge in [0.2, 0.25) is 17.8 Å². The molecule has 1 aromatic heterocycles. The molecule has 1 heterocycles. The first-order chi connectivity index (χ1) is 10.6. The Morgan fingerprint density at radius 2 is 1.86 bits per heavy atom. The number of hydrogen-bond acceptors (Lipinski definition) is 2. The van der Waals surface area contributed by atoms with E-state index in [2.05, 4.69) is 15.9 Å². The van der Waals surface area contributed by atoms with Crippen molar-refractivity contribution in [2.24, 2.45) is 0 Å². The number of carbonyl (C=O) groups excluding carboxylic acids is 1. The molecule has 2 nitrogen and oxygen atoms in total. The van der Waals surface area contributed by atoms with Gasteiger partial charge in [0.15, 0.2) is 6.20 Å². The van der Waals surface area contributed by atoms with Crippen LogP contribution in [0.2, 0.25) is 0 Å². The number of Topliss-reactive ketones (excluding diaryl/α,β-unsaturated/α-hetero) is 1. The van der Waals surface area contributed by atoms with Crippen LogP contribution in [0.4, 0.5) is 0 Å².